The Bertz CT molecular complexity index is 285. The lowest BCUT2D eigenvalue weighted by molar-refractivity contribution is -0.117. The molecule has 0 aromatic carbocycles. The van der Waals surface area contributed by atoms with Gasteiger partial charge in [0.2, 0.25) is 0 Å². The maximum Gasteiger partial charge on any atom is 0.156 e. The average Bonchev–Trinajstić information content (AvgIpc) is 2.28. The van der Waals surface area contributed by atoms with Crippen molar-refractivity contribution in [1.29, 1.82) is 0 Å². The molecule has 2 unspecified atom stereocenters. The molecule has 2 aliphatic rings. The zero-order valence-electron chi connectivity index (χ0n) is 7.63. The van der Waals surface area contributed by atoms with Crippen molar-refractivity contribution in [3.05, 3.63) is 23.8 Å². The minimum Gasteiger partial charge on any atom is -0.295 e. The number of allylic oxidation sites excluding steroid dienone is 4. The van der Waals surface area contributed by atoms with Crippen LogP contribution in [0.2, 0.25) is 0 Å². The fraction of sp³-hybridized carbons (Fsp3) is 0.545. The van der Waals surface area contributed by atoms with Crippen molar-refractivity contribution in [2.45, 2.75) is 26.7 Å². The van der Waals surface area contributed by atoms with Gasteiger partial charge in [0.1, 0.15) is 0 Å². The van der Waals surface area contributed by atoms with E-state index in [0.717, 1.165) is 6.42 Å². The molecule has 2 aliphatic carbocycles. The number of rotatable bonds is 0. The number of carbonyl (C=O) groups is 1. The highest BCUT2D eigenvalue weighted by Gasteiger charge is 2.41. The molecule has 0 fully saturated rings. The largest absolute Gasteiger partial charge is 0.295 e. The molecule has 0 radical (unpaired) electrons. The quantitative estimate of drug-likeness (QED) is 0.500. The molecule has 0 saturated heterocycles. The van der Waals surface area contributed by atoms with E-state index in [9.17, 15) is 4.79 Å². The molecule has 64 valence electrons. The molecule has 1 heteroatoms. The minimum absolute atomic E-state index is 0.145. The second-order valence-corrected chi connectivity index (χ2v) is 4.15. The van der Waals surface area contributed by atoms with Crippen molar-refractivity contribution in [1.82, 2.24) is 0 Å². The van der Waals surface area contributed by atoms with Crippen LogP contribution < -0.4 is 0 Å². The van der Waals surface area contributed by atoms with E-state index in [2.05, 4.69) is 26.0 Å². The Morgan fingerprint density at radius 1 is 1.58 bits per heavy atom. The van der Waals surface area contributed by atoms with Crippen LogP contribution in [0.15, 0.2) is 23.8 Å². The van der Waals surface area contributed by atoms with E-state index in [-0.39, 0.29) is 11.2 Å². The van der Waals surface area contributed by atoms with Crippen molar-refractivity contribution in [2.24, 2.45) is 11.3 Å². The summed E-state index contributed by atoms with van der Waals surface area (Å²) in [6.07, 6.45) is 7.92. The Morgan fingerprint density at radius 3 is 3.08 bits per heavy atom. The smallest absolute Gasteiger partial charge is 0.156 e. The molecule has 0 aromatic heterocycles. The van der Waals surface area contributed by atoms with E-state index >= 15 is 0 Å². The van der Waals surface area contributed by atoms with Crippen LogP contribution >= 0.6 is 0 Å². The second kappa shape index (κ2) is 2.32. The molecule has 0 heterocycles. The fourth-order valence-corrected chi connectivity index (χ4v) is 2.30. The lowest BCUT2D eigenvalue weighted by atomic mass is 9.69. The van der Waals surface area contributed by atoms with Gasteiger partial charge in [-0.25, -0.2) is 0 Å². The van der Waals surface area contributed by atoms with Crippen LogP contribution in [0.5, 0.6) is 0 Å². The predicted molar refractivity (Wildman–Crippen MR) is 48.7 cm³/mol. The van der Waals surface area contributed by atoms with Gasteiger partial charge in [0, 0.05) is 11.8 Å². The average molecular weight is 162 g/mol. The van der Waals surface area contributed by atoms with Crippen LogP contribution in [0.25, 0.3) is 0 Å². The monoisotopic (exact) mass is 162 g/mol. The summed E-state index contributed by atoms with van der Waals surface area (Å²) in [6.45, 7) is 4.35. The first-order valence-electron chi connectivity index (χ1n) is 4.51. The lowest BCUT2D eigenvalue weighted by Gasteiger charge is -2.33. The van der Waals surface area contributed by atoms with Gasteiger partial charge in [-0.1, -0.05) is 24.6 Å². The van der Waals surface area contributed by atoms with Gasteiger partial charge in [-0.3, -0.25) is 4.79 Å². The third-order valence-corrected chi connectivity index (χ3v) is 3.45. The van der Waals surface area contributed by atoms with Gasteiger partial charge in [-0.2, -0.15) is 0 Å². The summed E-state index contributed by atoms with van der Waals surface area (Å²) in [6, 6.07) is 0. The van der Waals surface area contributed by atoms with Crippen molar-refractivity contribution < 1.29 is 4.79 Å². The lowest BCUT2D eigenvalue weighted by Crippen LogP contribution is -2.29. The summed E-state index contributed by atoms with van der Waals surface area (Å²) < 4.78 is 0. The van der Waals surface area contributed by atoms with Crippen molar-refractivity contribution >= 4 is 5.78 Å². The van der Waals surface area contributed by atoms with E-state index in [1.165, 1.54) is 5.57 Å². The van der Waals surface area contributed by atoms with E-state index < -0.39 is 0 Å². The zero-order chi connectivity index (χ0) is 8.77. The Morgan fingerprint density at radius 2 is 2.33 bits per heavy atom. The molecule has 0 aromatic rings. The highest BCUT2D eigenvalue weighted by Crippen LogP contribution is 2.48. The van der Waals surface area contributed by atoms with E-state index in [0.29, 0.717) is 12.3 Å². The molecule has 0 bridgehead atoms. The van der Waals surface area contributed by atoms with Gasteiger partial charge in [0.25, 0.3) is 0 Å². The maximum absolute atomic E-state index is 11.2. The van der Waals surface area contributed by atoms with Gasteiger partial charge in [0.05, 0.1) is 0 Å². The van der Waals surface area contributed by atoms with E-state index in [1.54, 1.807) is 6.08 Å². The molecule has 0 saturated carbocycles. The molecule has 2 atom stereocenters. The minimum atomic E-state index is 0.145. The zero-order valence-corrected chi connectivity index (χ0v) is 7.63. The standard InChI is InChI=1S/C11H14O/c1-8-3-4-9-5-6-10(12)7-11(8,9)2/h3,5-6,9H,4,7H2,1-2H3. The van der Waals surface area contributed by atoms with Crippen molar-refractivity contribution in [2.75, 3.05) is 0 Å². The SMILES string of the molecule is CC1=CCC2C=CC(=O)CC12C. The van der Waals surface area contributed by atoms with Crippen LogP contribution in [0.3, 0.4) is 0 Å². The molecular formula is C11H14O. The Balaban J connectivity index is 2.39. The van der Waals surface area contributed by atoms with Gasteiger partial charge in [0.15, 0.2) is 5.78 Å². The van der Waals surface area contributed by atoms with Crippen LogP contribution in [0.1, 0.15) is 26.7 Å². The van der Waals surface area contributed by atoms with E-state index in [4.69, 9.17) is 0 Å². The second-order valence-electron chi connectivity index (χ2n) is 4.15. The van der Waals surface area contributed by atoms with Crippen molar-refractivity contribution in [3.8, 4) is 0 Å². The number of carbonyl (C=O) groups excluding carboxylic acids is 1. The van der Waals surface area contributed by atoms with E-state index in [1.807, 2.05) is 0 Å². The highest BCUT2D eigenvalue weighted by atomic mass is 16.1. The number of hydrogen-bond acceptors (Lipinski definition) is 1. The first-order chi connectivity index (χ1) is 5.63. The normalized spacial score (nSPS) is 39.7. The summed E-state index contributed by atoms with van der Waals surface area (Å²) in [5.41, 5.74) is 1.54. The number of ketones is 1. The van der Waals surface area contributed by atoms with Crippen LogP contribution in [0, 0.1) is 11.3 Å². The molecule has 1 nitrogen and oxygen atoms in total. The molecule has 2 rings (SSSR count). The predicted octanol–water partition coefficient (Wildman–Crippen LogP) is 2.49. The van der Waals surface area contributed by atoms with Crippen molar-refractivity contribution in [3.63, 3.8) is 0 Å². The summed E-state index contributed by atoms with van der Waals surface area (Å²) in [4.78, 5) is 11.2. The molecular weight excluding hydrogens is 148 g/mol. The summed E-state index contributed by atoms with van der Waals surface area (Å²) in [7, 11) is 0. The fourth-order valence-electron chi connectivity index (χ4n) is 2.30. The Hall–Kier alpha value is -0.850. The summed E-state index contributed by atoms with van der Waals surface area (Å²) >= 11 is 0. The van der Waals surface area contributed by atoms with Gasteiger partial charge < -0.3 is 0 Å². The number of hydrogen-bond donors (Lipinski definition) is 0. The molecule has 12 heavy (non-hydrogen) atoms. The van der Waals surface area contributed by atoms with Crippen LogP contribution in [-0.4, -0.2) is 5.78 Å². The van der Waals surface area contributed by atoms with Crippen LogP contribution in [-0.2, 0) is 4.79 Å². The first kappa shape index (κ1) is 7.78. The summed E-state index contributed by atoms with van der Waals surface area (Å²) in [5, 5.41) is 0. The summed E-state index contributed by atoms with van der Waals surface area (Å²) in [5.74, 6) is 0.860. The third-order valence-electron chi connectivity index (χ3n) is 3.45. The van der Waals surface area contributed by atoms with Gasteiger partial charge in [-0.05, 0) is 25.3 Å². The maximum atomic E-state index is 11.2. The topological polar surface area (TPSA) is 17.1 Å². The molecule has 0 spiro atoms. The molecule has 0 amide bonds. The highest BCUT2D eigenvalue weighted by molar-refractivity contribution is 5.91. The third kappa shape index (κ3) is 0.889. The first-order valence-corrected chi connectivity index (χ1v) is 4.51. The molecule has 0 N–H and O–H groups in total. The van der Waals surface area contributed by atoms with Gasteiger partial charge >= 0.3 is 0 Å². The Kier molecular flexibility index (Phi) is 1.50. The molecule has 0 aliphatic heterocycles. The van der Waals surface area contributed by atoms with Gasteiger partial charge in [-0.15, -0.1) is 0 Å². The Labute approximate surface area is 73.2 Å². The van der Waals surface area contributed by atoms with Crippen LogP contribution in [0.4, 0.5) is 0 Å². The number of fused-ring (bicyclic) bond motifs is 1.